The Morgan fingerprint density at radius 3 is 1.52 bits per heavy atom. The Hall–Kier alpha value is -0.313. The van der Waals surface area contributed by atoms with Crippen molar-refractivity contribution in [2.45, 2.75) is 168 Å². The van der Waals surface area contributed by atoms with Crippen LogP contribution in [0.2, 0.25) is 6.04 Å². The van der Waals surface area contributed by atoms with Gasteiger partial charge in [0.2, 0.25) is 0 Å². The molecule has 0 rings (SSSR count). The lowest BCUT2D eigenvalue weighted by Gasteiger charge is -2.05. The first-order valence-electron chi connectivity index (χ1n) is 14.1. The van der Waals surface area contributed by atoms with Gasteiger partial charge in [0, 0.05) is 6.42 Å². The number of unbranched alkanes of at least 4 members (excludes halogenated alkanes) is 18. The van der Waals surface area contributed by atoms with Crippen LogP contribution in [0.15, 0.2) is 0 Å². The van der Waals surface area contributed by atoms with E-state index in [2.05, 4.69) is 20.8 Å². The number of hydrogen-bond donors (Lipinski definition) is 0. The van der Waals surface area contributed by atoms with Crippen LogP contribution < -0.4 is 0 Å². The molecule has 0 unspecified atom stereocenters. The molecule has 2 nitrogen and oxygen atoms in total. The summed E-state index contributed by atoms with van der Waals surface area (Å²) in [6, 6.07) is 1.07. The van der Waals surface area contributed by atoms with Crippen molar-refractivity contribution in [2.75, 3.05) is 0 Å². The predicted molar refractivity (Wildman–Crippen MR) is 139 cm³/mol. The van der Waals surface area contributed by atoms with Gasteiger partial charge in [-0.1, -0.05) is 149 Å². The van der Waals surface area contributed by atoms with Gasteiger partial charge >= 0.3 is 9.76 Å². The highest BCUT2D eigenvalue weighted by molar-refractivity contribution is 6.30. The third-order valence-corrected chi connectivity index (χ3v) is 7.16. The molecule has 0 aromatic heterocycles. The SMILES string of the molecule is CCCCCCCC[Si]OC(=O)CCCCCCCCCCCCCCCCC(C)C. The Bertz CT molecular complexity index is 357. The summed E-state index contributed by atoms with van der Waals surface area (Å²) in [6.07, 6.45) is 29.0. The van der Waals surface area contributed by atoms with Crippen LogP contribution >= 0.6 is 0 Å². The second-order valence-electron chi connectivity index (χ2n) is 10.0. The molecular weight excluding hydrogens is 396 g/mol. The van der Waals surface area contributed by atoms with E-state index in [9.17, 15) is 4.79 Å². The average Bonchev–Trinajstić information content (AvgIpc) is 2.75. The summed E-state index contributed by atoms with van der Waals surface area (Å²) >= 11 is 0. The van der Waals surface area contributed by atoms with Gasteiger partial charge in [0.1, 0.15) is 0 Å². The Kier molecular flexibility index (Phi) is 25.7. The van der Waals surface area contributed by atoms with Gasteiger partial charge in [-0.2, -0.15) is 0 Å². The van der Waals surface area contributed by atoms with E-state index >= 15 is 0 Å². The standard InChI is InChI=1S/C28H56O2Si/c1-4-5-6-7-20-23-26-31-30-28(29)25-22-19-17-15-13-11-9-8-10-12-14-16-18-21-24-27(2)3/h27H,4-26H2,1-3H3. The fourth-order valence-corrected chi connectivity index (χ4v) is 4.86. The minimum Gasteiger partial charge on any atom is -0.516 e. The molecule has 0 N–H and O–H groups in total. The van der Waals surface area contributed by atoms with Crippen LogP contribution in [0.1, 0.15) is 162 Å². The van der Waals surface area contributed by atoms with E-state index in [1.54, 1.807) is 0 Å². The van der Waals surface area contributed by atoms with Crippen molar-refractivity contribution >= 4 is 15.7 Å². The topological polar surface area (TPSA) is 26.3 Å². The zero-order valence-corrected chi connectivity index (χ0v) is 22.7. The predicted octanol–water partition coefficient (Wildman–Crippen LogP) is 9.83. The smallest absolute Gasteiger partial charge is 0.314 e. The van der Waals surface area contributed by atoms with Gasteiger partial charge in [-0.3, -0.25) is 4.79 Å². The molecule has 31 heavy (non-hydrogen) atoms. The molecular formula is C28H56O2Si. The number of hydrogen-bond acceptors (Lipinski definition) is 2. The molecule has 0 atom stereocenters. The summed E-state index contributed by atoms with van der Waals surface area (Å²) in [4.78, 5) is 11.8. The highest BCUT2D eigenvalue weighted by atomic mass is 28.2. The molecule has 0 aliphatic carbocycles. The summed E-state index contributed by atoms with van der Waals surface area (Å²) in [5.74, 6) is 0.908. The highest BCUT2D eigenvalue weighted by Crippen LogP contribution is 2.15. The lowest BCUT2D eigenvalue weighted by Crippen LogP contribution is -2.08. The Morgan fingerprint density at radius 1 is 0.613 bits per heavy atom. The van der Waals surface area contributed by atoms with E-state index in [1.807, 2.05) is 0 Å². The van der Waals surface area contributed by atoms with Gasteiger partial charge in [-0.15, -0.1) is 0 Å². The first-order chi connectivity index (χ1) is 15.2. The number of carbonyl (C=O) groups excluding carboxylic acids is 1. The highest BCUT2D eigenvalue weighted by Gasteiger charge is 2.04. The van der Waals surface area contributed by atoms with Crippen molar-refractivity contribution in [3.8, 4) is 0 Å². The third-order valence-electron chi connectivity index (χ3n) is 6.23. The van der Waals surface area contributed by atoms with E-state index in [0.717, 1.165) is 18.4 Å². The van der Waals surface area contributed by atoms with Crippen LogP contribution in [0.4, 0.5) is 0 Å². The van der Waals surface area contributed by atoms with E-state index in [-0.39, 0.29) is 5.97 Å². The maximum atomic E-state index is 11.8. The number of rotatable bonds is 25. The van der Waals surface area contributed by atoms with E-state index in [0.29, 0.717) is 16.2 Å². The fourth-order valence-electron chi connectivity index (χ4n) is 4.10. The first kappa shape index (κ1) is 30.7. The maximum absolute atomic E-state index is 11.8. The van der Waals surface area contributed by atoms with Gasteiger partial charge in [-0.05, 0) is 18.4 Å². The van der Waals surface area contributed by atoms with Gasteiger partial charge in [0.25, 0.3) is 5.97 Å². The maximum Gasteiger partial charge on any atom is 0.314 e. The summed E-state index contributed by atoms with van der Waals surface area (Å²) in [5.41, 5.74) is 0. The summed E-state index contributed by atoms with van der Waals surface area (Å²) in [6.45, 7) is 6.91. The van der Waals surface area contributed by atoms with Crippen molar-refractivity contribution in [2.24, 2.45) is 5.92 Å². The largest absolute Gasteiger partial charge is 0.516 e. The van der Waals surface area contributed by atoms with Gasteiger partial charge in [0.05, 0.1) is 0 Å². The fraction of sp³-hybridized carbons (Fsp3) is 0.964. The normalized spacial score (nSPS) is 11.4. The van der Waals surface area contributed by atoms with Crippen LogP contribution in [0.3, 0.4) is 0 Å². The lowest BCUT2D eigenvalue weighted by atomic mass is 10.0. The second kappa shape index (κ2) is 25.9. The van der Waals surface area contributed by atoms with Crippen LogP contribution in [-0.4, -0.2) is 15.7 Å². The zero-order chi connectivity index (χ0) is 22.8. The van der Waals surface area contributed by atoms with Crippen molar-refractivity contribution in [3.63, 3.8) is 0 Å². The van der Waals surface area contributed by atoms with Gasteiger partial charge in [0.15, 0.2) is 0 Å². The Labute approximate surface area is 199 Å². The molecule has 0 aromatic rings. The van der Waals surface area contributed by atoms with Crippen molar-refractivity contribution in [1.82, 2.24) is 0 Å². The molecule has 0 aliphatic heterocycles. The van der Waals surface area contributed by atoms with Crippen LogP contribution in [0, 0.1) is 5.92 Å². The summed E-state index contributed by atoms with van der Waals surface area (Å²) in [7, 11) is 0.385. The lowest BCUT2D eigenvalue weighted by molar-refractivity contribution is -0.134. The molecule has 0 spiro atoms. The molecule has 2 radical (unpaired) electrons. The van der Waals surface area contributed by atoms with E-state index in [1.165, 1.54) is 128 Å². The molecule has 0 fully saturated rings. The molecule has 0 amide bonds. The van der Waals surface area contributed by atoms with Crippen molar-refractivity contribution in [1.29, 1.82) is 0 Å². The Balaban J connectivity index is 3.13. The van der Waals surface area contributed by atoms with Crippen LogP contribution in [0.5, 0.6) is 0 Å². The molecule has 184 valence electrons. The van der Waals surface area contributed by atoms with E-state index in [4.69, 9.17) is 4.43 Å². The average molecular weight is 453 g/mol. The van der Waals surface area contributed by atoms with Crippen LogP contribution in [-0.2, 0) is 9.22 Å². The molecule has 0 saturated carbocycles. The molecule has 0 saturated heterocycles. The zero-order valence-electron chi connectivity index (χ0n) is 21.7. The monoisotopic (exact) mass is 452 g/mol. The molecule has 0 aromatic carbocycles. The second-order valence-corrected chi connectivity index (χ2v) is 11.0. The quantitative estimate of drug-likeness (QED) is 0.102. The molecule has 3 heteroatoms. The number of carbonyl (C=O) groups is 1. The first-order valence-corrected chi connectivity index (χ1v) is 15.2. The van der Waals surface area contributed by atoms with Gasteiger partial charge < -0.3 is 4.43 Å². The van der Waals surface area contributed by atoms with E-state index < -0.39 is 0 Å². The van der Waals surface area contributed by atoms with Crippen molar-refractivity contribution < 1.29 is 9.22 Å². The minimum atomic E-state index is 0.0317. The van der Waals surface area contributed by atoms with Gasteiger partial charge in [-0.25, -0.2) is 0 Å². The van der Waals surface area contributed by atoms with Crippen molar-refractivity contribution in [3.05, 3.63) is 0 Å². The molecule has 0 aliphatic rings. The Morgan fingerprint density at radius 2 is 1.03 bits per heavy atom. The molecule has 0 heterocycles. The summed E-state index contributed by atoms with van der Waals surface area (Å²) < 4.78 is 5.39. The molecule has 0 bridgehead atoms. The third kappa shape index (κ3) is 27.7. The minimum absolute atomic E-state index is 0.0317. The van der Waals surface area contributed by atoms with Crippen LogP contribution in [0.25, 0.3) is 0 Å². The summed E-state index contributed by atoms with van der Waals surface area (Å²) in [5, 5.41) is 0.